The van der Waals surface area contributed by atoms with Crippen molar-refractivity contribution in [2.24, 2.45) is 0 Å². The molecule has 0 unspecified atom stereocenters. The molecule has 0 atom stereocenters. The SMILES string of the molecule is CCNCc1cccnc1Oc1cc(Cl)c(Cl)cc1Cl. The average Bonchev–Trinajstić information content (AvgIpc) is 2.44. The van der Waals surface area contributed by atoms with Crippen LogP contribution in [0.1, 0.15) is 12.5 Å². The molecule has 6 heteroatoms. The van der Waals surface area contributed by atoms with Crippen molar-refractivity contribution in [1.82, 2.24) is 10.3 Å². The van der Waals surface area contributed by atoms with Gasteiger partial charge < -0.3 is 10.1 Å². The molecular formula is C14H13Cl3N2O. The van der Waals surface area contributed by atoms with Crippen LogP contribution < -0.4 is 10.1 Å². The fraction of sp³-hybridized carbons (Fsp3) is 0.214. The average molecular weight is 332 g/mol. The molecule has 1 heterocycles. The van der Waals surface area contributed by atoms with Gasteiger partial charge in [0.25, 0.3) is 0 Å². The molecule has 1 aromatic heterocycles. The highest BCUT2D eigenvalue weighted by atomic mass is 35.5. The third-order valence-corrected chi connectivity index (χ3v) is 3.61. The first-order chi connectivity index (χ1) is 9.61. The van der Waals surface area contributed by atoms with Gasteiger partial charge in [0.15, 0.2) is 0 Å². The van der Waals surface area contributed by atoms with E-state index in [2.05, 4.69) is 10.3 Å². The Labute approximate surface area is 132 Å². The summed E-state index contributed by atoms with van der Waals surface area (Å²) in [5.41, 5.74) is 0.941. The highest BCUT2D eigenvalue weighted by Crippen LogP contribution is 2.36. The van der Waals surface area contributed by atoms with Crippen LogP contribution in [0, 0.1) is 0 Å². The predicted octanol–water partition coefficient (Wildman–Crippen LogP) is 4.94. The lowest BCUT2D eigenvalue weighted by molar-refractivity contribution is 0.453. The quantitative estimate of drug-likeness (QED) is 0.788. The normalized spacial score (nSPS) is 10.6. The standard InChI is InChI=1S/C14H13Cl3N2O/c1-2-18-8-9-4-3-5-19-14(9)20-13-7-11(16)10(15)6-12(13)17/h3-7,18H,2,8H2,1H3. The van der Waals surface area contributed by atoms with E-state index in [0.29, 0.717) is 33.2 Å². The molecule has 2 rings (SSSR count). The van der Waals surface area contributed by atoms with E-state index in [-0.39, 0.29) is 0 Å². The van der Waals surface area contributed by atoms with E-state index in [0.717, 1.165) is 12.1 Å². The molecule has 0 aliphatic carbocycles. The van der Waals surface area contributed by atoms with Gasteiger partial charge in [0.2, 0.25) is 5.88 Å². The Morgan fingerprint density at radius 3 is 2.65 bits per heavy atom. The molecule has 1 N–H and O–H groups in total. The Kier molecular flexibility index (Phi) is 5.49. The number of benzene rings is 1. The minimum absolute atomic E-state index is 0.384. The van der Waals surface area contributed by atoms with Gasteiger partial charge in [-0.05, 0) is 18.7 Å². The molecule has 1 aromatic carbocycles. The number of nitrogens with one attached hydrogen (secondary N) is 1. The lowest BCUT2D eigenvalue weighted by Crippen LogP contribution is -2.12. The molecule has 0 saturated carbocycles. The first kappa shape index (κ1) is 15.4. The van der Waals surface area contributed by atoms with E-state index < -0.39 is 0 Å². The van der Waals surface area contributed by atoms with E-state index in [1.165, 1.54) is 0 Å². The zero-order chi connectivity index (χ0) is 14.5. The van der Waals surface area contributed by atoms with Crippen molar-refractivity contribution in [1.29, 1.82) is 0 Å². The van der Waals surface area contributed by atoms with Crippen LogP contribution in [0.2, 0.25) is 15.1 Å². The molecule has 0 radical (unpaired) electrons. The monoisotopic (exact) mass is 330 g/mol. The molecule has 106 valence electrons. The summed E-state index contributed by atoms with van der Waals surface area (Å²) >= 11 is 18.0. The number of ether oxygens (including phenoxy) is 1. The van der Waals surface area contributed by atoms with Gasteiger partial charge in [-0.25, -0.2) is 4.98 Å². The molecule has 2 aromatic rings. The molecule has 0 fully saturated rings. The maximum atomic E-state index is 6.10. The molecule has 0 bridgehead atoms. The molecule has 3 nitrogen and oxygen atoms in total. The van der Waals surface area contributed by atoms with Crippen LogP contribution in [0.25, 0.3) is 0 Å². The van der Waals surface area contributed by atoms with Gasteiger partial charge >= 0.3 is 0 Å². The second-order valence-corrected chi connectivity index (χ2v) is 5.27. The Balaban J connectivity index is 2.28. The lowest BCUT2D eigenvalue weighted by Gasteiger charge is -2.12. The van der Waals surface area contributed by atoms with E-state index in [1.807, 2.05) is 19.1 Å². The van der Waals surface area contributed by atoms with Gasteiger partial charge in [-0.15, -0.1) is 0 Å². The summed E-state index contributed by atoms with van der Waals surface area (Å²) in [5, 5.41) is 4.39. The van der Waals surface area contributed by atoms with Crippen molar-refractivity contribution >= 4 is 34.8 Å². The van der Waals surface area contributed by atoms with Crippen molar-refractivity contribution in [3.05, 3.63) is 51.1 Å². The Morgan fingerprint density at radius 1 is 1.15 bits per heavy atom. The maximum Gasteiger partial charge on any atom is 0.223 e. The summed E-state index contributed by atoms with van der Waals surface area (Å²) in [6, 6.07) is 6.93. The van der Waals surface area contributed by atoms with Crippen molar-refractivity contribution in [3.63, 3.8) is 0 Å². The zero-order valence-electron chi connectivity index (χ0n) is 10.8. The van der Waals surface area contributed by atoms with E-state index in [1.54, 1.807) is 18.3 Å². The van der Waals surface area contributed by atoms with Gasteiger partial charge in [-0.3, -0.25) is 0 Å². The Morgan fingerprint density at radius 2 is 1.90 bits per heavy atom. The second-order valence-electron chi connectivity index (χ2n) is 4.05. The number of halogens is 3. The fourth-order valence-corrected chi connectivity index (χ4v) is 2.17. The molecule has 0 aliphatic heterocycles. The summed E-state index contributed by atoms with van der Waals surface area (Å²) < 4.78 is 5.75. The van der Waals surface area contributed by atoms with Crippen molar-refractivity contribution in [2.75, 3.05) is 6.54 Å². The van der Waals surface area contributed by atoms with Crippen LogP contribution in [0.3, 0.4) is 0 Å². The number of nitrogens with zero attached hydrogens (tertiary/aromatic N) is 1. The van der Waals surface area contributed by atoms with Crippen LogP contribution in [0.15, 0.2) is 30.5 Å². The number of hydrogen-bond donors (Lipinski definition) is 1. The minimum Gasteiger partial charge on any atom is -0.437 e. The molecule has 0 saturated heterocycles. The van der Waals surface area contributed by atoms with E-state index in [4.69, 9.17) is 39.5 Å². The summed E-state index contributed by atoms with van der Waals surface area (Å²) in [7, 11) is 0. The zero-order valence-corrected chi connectivity index (χ0v) is 13.1. The molecule has 0 amide bonds. The van der Waals surface area contributed by atoms with Crippen LogP contribution in [0.5, 0.6) is 11.6 Å². The van der Waals surface area contributed by atoms with Crippen molar-refractivity contribution in [3.8, 4) is 11.6 Å². The summed E-state index contributed by atoms with van der Waals surface area (Å²) in [4.78, 5) is 4.22. The molecule has 0 aliphatic rings. The van der Waals surface area contributed by atoms with E-state index in [9.17, 15) is 0 Å². The first-order valence-corrected chi connectivity index (χ1v) is 7.22. The predicted molar refractivity (Wildman–Crippen MR) is 83.2 cm³/mol. The number of rotatable bonds is 5. The summed E-state index contributed by atoms with van der Waals surface area (Å²) in [6.45, 7) is 3.56. The number of pyridine rings is 1. The Hall–Kier alpha value is -1.000. The topological polar surface area (TPSA) is 34.2 Å². The minimum atomic E-state index is 0.384. The molecule has 0 spiro atoms. The largest absolute Gasteiger partial charge is 0.437 e. The molecular weight excluding hydrogens is 319 g/mol. The Bertz CT molecular complexity index is 605. The van der Waals surface area contributed by atoms with Crippen LogP contribution in [-0.4, -0.2) is 11.5 Å². The van der Waals surface area contributed by atoms with Gasteiger partial charge in [0.05, 0.1) is 15.1 Å². The highest BCUT2D eigenvalue weighted by molar-refractivity contribution is 6.43. The lowest BCUT2D eigenvalue weighted by atomic mass is 10.2. The molecule has 20 heavy (non-hydrogen) atoms. The van der Waals surface area contributed by atoms with Crippen molar-refractivity contribution in [2.45, 2.75) is 13.5 Å². The summed E-state index contributed by atoms with van der Waals surface area (Å²) in [5.74, 6) is 0.922. The van der Waals surface area contributed by atoms with E-state index >= 15 is 0 Å². The fourth-order valence-electron chi connectivity index (χ4n) is 1.60. The highest BCUT2D eigenvalue weighted by Gasteiger charge is 2.11. The first-order valence-electron chi connectivity index (χ1n) is 6.08. The van der Waals surface area contributed by atoms with Gasteiger partial charge in [-0.1, -0.05) is 47.8 Å². The second kappa shape index (κ2) is 7.14. The van der Waals surface area contributed by atoms with Gasteiger partial charge in [0, 0.05) is 24.4 Å². The van der Waals surface area contributed by atoms with Gasteiger partial charge in [0.1, 0.15) is 5.75 Å². The smallest absolute Gasteiger partial charge is 0.223 e. The summed E-state index contributed by atoms with van der Waals surface area (Å²) in [6.07, 6.45) is 1.66. The number of hydrogen-bond acceptors (Lipinski definition) is 3. The van der Waals surface area contributed by atoms with Crippen molar-refractivity contribution < 1.29 is 4.74 Å². The third-order valence-electron chi connectivity index (χ3n) is 2.60. The number of aromatic nitrogens is 1. The van der Waals surface area contributed by atoms with Gasteiger partial charge in [-0.2, -0.15) is 0 Å². The maximum absolute atomic E-state index is 6.10. The van der Waals surface area contributed by atoms with Crippen LogP contribution in [0.4, 0.5) is 0 Å². The third kappa shape index (κ3) is 3.76. The van der Waals surface area contributed by atoms with Crippen LogP contribution in [-0.2, 0) is 6.54 Å². The van der Waals surface area contributed by atoms with Crippen LogP contribution >= 0.6 is 34.8 Å².